The Balaban J connectivity index is 1.53. The van der Waals surface area contributed by atoms with Crippen molar-refractivity contribution in [1.29, 1.82) is 0 Å². The highest BCUT2D eigenvalue weighted by Crippen LogP contribution is 2.17. The molecule has 1 aliphatic rings. The second kappa shape index (κ2) is 6.39. The maximum absolute atomic E-state index is 12.0. The first-order valence-electron chi connectivity index (χ1n) is 7.90. The Morgan fingerprint density at radius 2 is 2.08 bits per heavy atom. The molecule has 1 aliphatic heterocycles. The van der Waals surface area contributed by atoms with Crippen LogP contribution in [0.3, 0.4) is 0 Å². The van der Waals surface area contributed by atoms with Gasteiger partial charge in [0, 0.05) is 35.6 Å². The number of hydrazone groups is 1. The summed E-state index contributed by atoms with van der Waals surface area (Å²) in [5, 5.41) is 7.50. The average Bonchev–Trinajstić information content (AvgIpc) is 3.05. The van der Waals surface area contributed by atoms with Gasteiger partial charge in [-0.2, -0.15) is 5.10 Å². The highest BCUT2D eigenvalue weighted by molar-refractivity contribution is 6.06. The van der Waals surface area contributed by atoms with Crippen LogP contribution < -0.4 is 10.7 Å². The predicted molar refractivity (Wildman–Crippen MR) is 93.0 cm³/mol. The van der Waals surface area contributed by atoms with Crippen LogP contribution in [0.2, 0.25) is 0 Å². The fraction of sp³-hybridized carbons (Fsp3) is 0.294. The van der Waals surface area contributed by atoms with E-state index in [4.69, 9.17) is 0 Å². The predicted octanol–water partition coefficient (Wildman–Crippen LogP) is 1.34. The van der Waals surface area contributed by atoms with E-state index in [1.54, 1.807) is 26.3 Å². The molecule has 1 saturated heterocycles. The zero-order chi connectivity index (χ0) is 18.0. The van der Waals surface area contributed by atoms with Crippen molar-refractivity contribution in [2.75, 3.05) is 6.54 Å². The summed E-state index contributed by atoms with van der Waals surface area (Å²) in [6, 6.07) is 7.27. The van der Waals surface area contributed by atoms with Gasteiger partial charge in [-0.15, -0.1) is 0 Å². The molecule has 0 aliphatic carbocycles. The third-order valence-corrected chi connectivity index (χ3v) is 4.02. The molecule has 0 bridgehead atoms. The standard InChI is InChI=1S/C17H19N5O3/c1-17(2)15(24)22(16(25)20-17)8-7-14(23)21-19-10-11-9-18-13-6-4-3-5-12(11)13/h3-6,9-10,18H,7-8H2,1-2H3,(H,20,25)(H,21,23)/b19-10+. The normalized spacial score (nSPS) is 16.6. The first kappa shape index (κ1) is 16.7. The van der Waals surface area contributed by atoms with Crippen molar-refractivity contribution < 1.29 is 14.4 Å². The molecule has 130 valence electrons. The number of para-hydroxylation sites is 1. The summed E-state index contributed by atoms with van der Waals surface area (Å²) in [4.78, 5) is 39.8. The number of aromatic amines is 1. The van der Waals surface area contributed by atoms with Crippen LogP contribution in [0.5, 0.6) is 0 Å². The fourth-order valence-electron chi connectivity index (χ4n) is 2.66. The molecule has 3 rings (SSSR count). The molecule has 1 aromatic carbocycles. The summed E-state index contributed by atoms with van der Waals surface area (Å²) in [5.74, 6) is -0.714. The highest BCUT2D eigenvalue weighted by Gasteiger charge is 2.43. The molecule has 25 heavy (non-hydrogen) atoms. The molecule has 0 radical (unpaired) electrons. The SMILES string of the molecule is CC1(C)NC(=O)N(CCC(=O)N/N=C/c2c[nH]c3ccccc23)C1=O. The third kappa shape index (κ3) is 3.37. The van der Waals surface area contributed by atoms with Gasteiger partial charge in [0.25, 0.3) is 5.91 Å². The number of hydrogen-bond acceptors (Lipinski definition) is 4. The first-order valence-corrected chi connectivity index (χ1v) is 7.90. The van der Waals surface area contributed by atoms with Crippen LogP contribution in [0.15, 0.2) is 35.6 Å². The molecular formula is C17H19N5O3. The van der Waals surface area contributed by atoms with E-state index in [2.05, 4.69) is 20.8 Å². The Morgan fingerprint density at radius 1 is 1.32 bits per heavy atom. The Hall–Kier alpha value is -3.16. The maximum Gasteiger partial charge on any atom is 0.325 e. The van der Waals surface area contributed by atoms with Crippen LogP contribution in [0.4, 0.5) is 4.79 Å². The van der Waals surface area contributed by atoms with E-state index in [1.165, 1.54) is 0 Å². The number of rotatable bonds is 5. The third-order valence-electron chi connectivity index (χ3n) is 4.02. The number of H-pyrrole nitrogens is 1. The molecule has 8 nitrogen and oxygen atoms in total. The second-order valence-electron chi connectivity index (χ2n) is 6.34. The van der Waals surface area contributed by atoms with Gasteiger partial charge in [-0.3, -0.25) is 14.5 Å². The number of hydrogen-bond donors (Lipinski definition) is 3. The number of fused-ring (bicyclic) bond motifs is 1. The smallest absolute Gasteiger partial charge is 0.325 e. The minimum absolute atomic E-state index is 0.0134. The number of aromatic nitrogens is 1. The lowest BCUT2D eigenvalue weighted by Gasteiger charge is -2.15. The van der Waals surface area contributed by atoms with Crippen molar-refractivity contribution in [3.05, 3.63) is 36.0 Å². The zero-order valence-electron chi connectivity index (χ0n) is 14.0. The molecule has 0 saturated carbocycles. The first-order chi connectivity index (χ1) is 11.9. The monoisotopic (exact) mass is 341 g/mol. The molecule has 4 amide bonds. The number of nitrogens with zero attached hydrogens (tertiary/aromatic N) is 2. The van der Waals surface area contributed by atoms with Gasteiger partial charge in [0.15, 0.2) is 0 Å². The lowest BCUT2D eigenvalue weighted by atomic mass is 10.1. The van der Waals surface area contributed by atoms with E-state index in [-0.39, 0.29) is 24.8 Å². The second-order valence-corrected chi connectivity index (χ2v) is 6.34. The molecule has 8 heteroatoms. The van der Waals surface area contributed by atoms with Crippen LogP contribution in [0.25, 0.3) is 10.9 Å². The molecule has 0 atom stereocenters. The Labute approximate surface area is 144 Å². The number of imide groups is 1. The summed E-state index contributed by atoms with van der Waals surface area (Å²) in [6.45, 7) is 3.26. The highest BCUT2D eigenvalue weighted by atomic mass is 16.2. The van der Waals surface area contributed by atoms with Gasteiger partial charge in [-0.05, 0) is 19.9 Å². The van der Waals surface area contributed by atoms with Crippen LogP contribution in [0.1, 0.15) is 25.8 Å². The zero-order valence-corrected chi connectivity index (χ0v) is 14.0. The average molecular weight is 341 g/mol. The van der Waals surface area contributed by atoms with E-state index in [1.807, 2.05) is 24.3 Å². The number of amides is 4. The van der Waals surface area contributed by atoms with Crippen LogP contribution in [-0.2, 0) is 9.59 Å². The van der Waals surface area contributed by atoms with Gasteiger partial charge in [0.1, 0.15) is 5.54 Å². The molecule has 1 fully saturated rings. The lowest BCUT2D eigenvalue weighted by Crippen LogP contribution is -2.40. The number of carbonyl (C=O) groups excluding carboxylic acids is 3. The molecule has 0 spiro atoms. The quantitative estimate of drug-likeness (QED) is 0.434. The summed E-state index contributed by atoms with van der Waals surface area (Å²) < 4.78 is 0. The van der Waals surface area contributed by atoms with Gasteiger partial charge in [-0.1, -0.05) is 18.2 Å². The summed E-state index contributed by atoms with van der Waals surface area (Å²) in [6.07, 6.45) is 3.34. The van der Waals surface area contributed by atoms with E-state index >= 15 is 0 Å². The van der Waals surface area contributed by atoms with Crippen LogP contribution >= 0.6 is 0 Å². The van der Waals surface area contributed by atoms with Gasteiger partial charge >= 0.3 is 6.03 Å². The van der Waals surface area contributed by atoms with Crippen molar-refractivity contribution in [3.63, 3.8) is 0 Å². The number of nitrogens with one attached hydrogen (secondary N) is 3. The van der Waals surface area contributed by atoms with E-state index in [0.29, 0.717) is 0 Å². The van der Waals surface area contributed by atoms with Crippen molar-refractivity contribution in [2.45, 2.75) is 25.8 Å². The van der Waals surface area contributed by atoms with Crippen molar-refractivity contribution in [1.82, 2.24) is 20.6 Å². The number of urea groups is 1. The molecule has 2 heterocycles. The van der Waals surface area contributed by atoms with Crippen molar-refractivity contribution >= 4 is 35.0 Å². The molecule has 2 aromatic rings. The molecule has 1 aromatic heterocycles. The van der Waals surface area contributed by atoms with E-state index < -0.39 is 11.6 Å². The fourth-order valence-corrected chi connectivity index (χ4v) is 2.66. The number of benzene rings is 1. The van der Waals surface area contributed by atoms with Crippen molar-refractivity contribution in [2.24, 2.45) is 5.10 Å². The summed E-state index contributed by atoms with van der Waals surface area (Å²) >= 11 is 0. The van der Waals surface area contributed by atoms with Crippen LogP contribution in [-0.4, -0.2) is 46.0 Å². The van der Waals surface area contributed by atoms with Gasteiger partial charge in [0.2, 0.25) is 5.91 Å². The topological polar surface area (TPSA) is 107 Å². The maximum atomic E-state index is 12.0. The largest absolute Gasteiger partial charge is 0.361 e. The molecular weight excluding hydrogens is 322 g/mol. The van der Waals surface area contributed by atoms with Crippen LogP contribution in [0, 0.1) is 0 Å². The van der Waals surface area contributed by atoms with Gasteiger partial charge in [-0.25, -0.2) is 10.2 Å². The van der Waals surface area contributed by atoms with Gasteiger partial charge < -0.3 is 10.3 Å². The number of carbonyl (C=O) groups is 3. The van der Waals surface area contributed by atoms with Crippen molar-refractivity contribution in [3.8, 4) is 0 Å². The molecule has 0 unspecified atom stereocenters. The molecule has 3 N–H and O–H groups in total. The minimum Gasteiger partial charge on any atom is -0.361 e. The van der Waals surface area contributed by atoms with Gasteiger partial charge in [0.05, 0.1) is 6.21 Å². The Morgan fingerprint density at radius 3 is 2.80 bits per heavy atom. The van der Waals surface area contributed by atoms with E-state index in [0.717, 1.165) is 21.4 Å². The Bertz CT molecular complexity index is 868. The summed E-state index contributed by atoms with van der Waals surface area (Å²) in [7, 11) is 0. The van der Waals surface area contributed by atoms with E-state index in [9.17, 15) is 14.4 Å². The lowest BCUT2D eigenvalue weighted by molar-refractivity contribution is -0.130. The minimum atomic E-state index is -0.930. The summed E-state index contributed by atoms with van der Waals surface area (Å²) in [5.41, 5.74) is 3.31. The Kier molecular flexibility index (Phi) is 4.26.